The second-order valence-corrected chi connectivity index (χ2v) is 7.35. The lowest BCUT2D eigenvalue weighted by Gasteiger charge is -2.20. The molecule has 0 aliphatic carbocycles. The van der Waals surface area contributed by atoms with E-state index in [0.717, 1.165) is 5.69 Å². The Hall–Kier alpha value is -2.09. The molecule has 0 saturated carbocycles. The zero-order valence-corrected chi connectivity index (χ0v) is 15.7. The number of hydrogen-bond acceptors (Lipinski definition) is 1. The molecule has 2 rings (SSSR count). The molecular formula is C22H29NO. The summed E-state index contributed by atoms with van der Waals surface area (Å²) < 4.78 is 0. The maximum Gasteiger partial charge on any atom is 0.255 e. The maximum absolute atomic E-state index is 12.7. The van der Waals surface area contributed by atoms with Crippen LogP contribution in [0, 0.1) is 0 Å². The van der Waals surface area contributed by atoms with Crippen LogP contribution in [0.3, 0.4) is 0 Å². The number of carbonyl (C=O) groups excluding carboxylic acids is 1. The van der Waals surface area contributed by atoms with E-state index in [1.54, 1.807) is 0 Å². The third kappa shape index (κ3) is 4.05. The van der Waals surface area contributed by atoms with Crippen LogP contribution in [0.25, 0.3) is 0 Å². The van der Waals surface area contributed by atoms with Crippen LogP contribution in [0.1, 0.15) is 86.3 Å². The van der Waals surface area contributed by atoms with Crippen molar-refractivity contribution >= 4 is 11.6 Å². The molecule has 0 bridgehead atoms. The predicted molar refractivity (Wildman–Crippen MR) is 103 cm³/mol. The van der Waals surface area contributed by atoms with Gasteiger partial charge in [-0.05, 0) is 46.6 Å². The second kappa shape index (κ2) is 7.65. The van der Waals surface area contributed by atoms with Gasteiger partial charge in [-0.3, -0.25) is 4.79 Å². The number of carbonyl (C=O) groups is 1. The van der Waals surface area contributed by atoms with Crippen LogP contribution in [0.5, 0.6) is 0 Å². The lowest BCUT2D eigenvalue weighted by atomic mass is 9.92. The van der Waals surface area contributed by atoms with Crippen LogP contribution in [-0.2, 0) is 0 Å². The minimum Gasteiger partial charge on any atom is -0.321 e. The molecule has 0 heterocycles. The van der Waals surface area contributed by atoms with Crippen LogP contribution in [0.4, 0.5) is 5.69 Å². The van der Waals surface area contributed by atoms with Crippen molar-refractivity contribution in [1.29, 1.82) is 0 Å². The van der Waals surface area contributed by atoms with E-state index in [2.05, 4.69) is 65.1 Å². The van der Waals surface area contributed by atoms with Crippen LogP contribution >= 0.6 is 0 Å². The first-order chi connectivity index (χ1) is 11.3. The molecule has 0 aliphatic heterocycles. The van der Waals surface area contributed by atoms with Crippen LogP contribution < -0.4 is 5.32 Å². The Labute approximate surface area is 146 Å². The molecule has 0 atom stereocenters. The van der Waals surface area contributed by atoms with Gasteiger partial charge in [0.1, 0.15) is 0 Å². The Morgan fingerprint density at radius 3 is 1.67 bits per heavy atom. The maximum atomic E-state index is 12.7. The van der Waals surface area contributed by atoms with Gasteiger partial charge in [0.05, 0.1) is 0 Å². The SMILES string of the molecule is CC(C)c1ccc(C(=O)Nc2c(C(C)C)cccc2C(C)C)cc1. The number of hydrogen-bond donors (Lipinski definition) is 1. The van der Waals surface area contributed by atoms with Crippen molar-refractivity contribution in [2.24, 2.45) is 0 Å². The monoisotopic (exact) mass is 323 g/mol. The molecule has 128 valence electrons. The molecule has 0 radical (unpaired) electrons. The minimum atomic E-state index is -0.0414. The Morgan fingerprint density at radius 1 is 0.750 bits per heavy atom. The standard InChI is InChI=1S/C22H29NO/c1-14(2)17-10-12-18(13-11-17)22(24)23-21-19(15(3)4)8-7-9-20(21)16(5)6/h7-16H,1-6H3,(H,23,24). The quantitative estimate of drug-likeness (QED) is 0.686. The third-order valence-corrected chi connectivity index (χ3v) is 4.45. The molecule has 0 saturated heterocycles. The molecule has 0 unspecified atom stereocenters. The summed E-state index contributed by atoms with van der Waals surface area (Å²) in [5.74, 6) is 1.15. The van der Waals surface area contributed by atoms with E-state index in [9.17, 15) is 4.79 Å². The highest BCUT2D eigenvalue weighted by Gasteiger charge is 2.16. The van der Waals surface area contributed by atoms with Crippen molar-refractivity contribution in [3.63, 3.8) is 0 Å². The van der Waals surface area contributed by atoms with E-state index in [1.165, 1.54) is 16.7 Å². The summed E-state index contributed by atoms with van der Waals surface area (Å²) in [4.78, 5) is 12.7. The van der Waals surface area contributed by atoms with Gasteiger partial charge < -0.3 is 5.32 Å². The van der Waals surface area contributed by atoms with E-state index in [-0.39, 0.29) is 5.91 Å². The zero-order valence-electron chi connectivity index (χ0n) is 15.7. The van der Waals surface area contributed by atoms with Gasteiger partial charge in [0, 0.05) is 11.3 Å². The summed E-state index contributed by atoms with van der Waals surface area (Å²) in [5, 5.41) is 3.17. The number of nitrogens with one attached hydrogen (secondary N) is 1. The summed E-state index contributed by atoms with van der Waals surface area (Å²) in [6.07, 6.45) is 0. The van der Waals surface area contributed by atoms with E-state index < -0.39 is 0 Å². The fraction of sp³-hybridized carbons (Fsp3) is 0.409. The van der Waals surface area contributed by atoms with Gasteiger partial charge in [-0.25, -0.2) is 0 Å². The second-order valence-electron chi connectivity index (χ2n) is 7.35. The molecule has 2 aromatic rings. The predicted octanol–water partition coefficient (Wildman–Crippen LogP) is 6.31. The van der Waals surface area contributed by atoms with Crippen molar-refractivity contribution in [1.82, 2.24) is 0 Å². The van der Waals surface area contributed by atoms with E-state index >= 15 is 0 Å². The molecule has 0 fully saturated rings. The van der Waals surface area contributed by atoms with Crippen LogP contribution in [-0.4, -0.2) is 5.91 Å². The third-order valence-electron chi connectivity index (χ3n) is 4.45. The summed E-state index contributed by atoms with van der Waals surface area (Å²) in [5.41, 5.74) is 5.30. The van der Waals surface area contributed by atoms with Gasteiger partial charge in [0.2, 0.25) is 0 Å². The summed E-state index contributed by atoms with van der Waals surface area (Å²) in [6, 6.07) is 14.2. The molecule has 0 spiro atoms. The summed E-state index contributed by atoms with van der Waals surface area (Å²) in [7, 11) is 0. The zero-order chi connectivity index (χ0) is 17.9. The molecule has 2 heteroatoms. The lowest BCUT2D eigenvalue weighted by Crippen LogP contribution is -2.16. The van der Waals surface area contributed by atoms with Crippen molar-refractivity contribution in [3.05, 3.63) is 64.7 Å². The largest absolute Gasteiger partial charge is 0.321 e. The normalized spacial score (nSPS) is 11.4. The van der Waals surface area contributed by atoms with Gasteiger partial charge in [0.15, 0.2) is 0 Å². The fourth-order valence-electron chi connectivity index (χ4n) is 2.90. The van der Waals surface area contributed by atoms with E-state index in [0.29, 0.717) is 23.3 Å². The molecule has 0 aromatic heterocycles. The number of benzene rings is 2. The molecule has 2 aromatic carbocycles. The first kappa shape index (κ1) is 18.3. The highest BCUT2D eigenvalue weighted by atomic mass is 16.1. The first-order valence-corrected chi connectivity index (χ1v) is 8.85. The van der Waals surface area contributed by atoms with Gasteiger partial charge in [-0.1, -0.05) is 71.9 Å². The minimum absolute atomic E-state index is 0.0414. The van der Waals surface area contributed by atoms with Crippen LogP contribution in [0.2, 0.25) is 0 Å². The molecule has 24 heavy (non-hydrogen) atoms. The van der Waals surface area contributed by atoms with Crippen molar-refractivity contribution in [3.8, 4) is 0 Å². The van der Waals surface area contributed by atoms with E-state index in [4.69, 9.17) is 0 Å². The number of anilines is 1. The summed E-state index contributed by atoms with van der Waals surface area (Å²) in [6.45, 7) is 12.9. The lowest BCUT2D eigenvalue weighted by molar-refractivity contribution is 0.102. The van der Waals surface area contributed by atoms with Crippen molar-refractivity contribution in [2.75, 3.05) is 5.32 Å². The van der Waals surface area contributed by atoms with Gasteiger partial charge in [-0.15, -0.1) is 0 Å². The molecule has 0 aliphatic rings. The average Bonchev–Trinajstić information content (AvgIpc) is 2.54. The van der Waals surface area contributed by atoms with Gasteiger partial charge in [0.25, 0.3) is 5.91 Å². The molecule has 1 N–H and O–H groups in total. The Bertz CT molecular complexity index is 670. The van der Waals surface area contributed by atoms with Crippen LogP contribution in [0.15, 0.2) is 42.5 Å². The number of para-hydroxylation sites is 1. The van der Waals surface area contributed by atoms with Gasteiger partial charge >= 0.3 is 0 Å². The van der Waals surface area contributed by atoms with Crippen molar-refractivity contribution in [2.45, 2.75) is 59.3 Å². The van der Waals surface area contributed by atoms with Gasteiger partial charge in [-0.2, -0.15) is 0 Å². The number of amides is 1. The van der Waals surface area contributed by atoms with Crippen molar-refractivity contribution < 1.29 is 4.79 Å². The highest BCUT2D eigenvalue weighted by Crippen LogP contribution is 2.32. The number of rotatable bonds is 5. The molecular weight excluding hydrogens is 294 g/mol. The molecule has 2 nitrogen and oxygen atoms in total. The average molecular weight is 323 g/mol. The smallest absolute Gasteiger partial charge is 0.255 e. The first-order valence-electron chi connectivity index (χ1n) is 8.85. The fourth-order valence-corrected chi connectivity index (χ4v) is 2.90. The highest BCUT2D eigenvalue weighted by molar-refractivity contribution is 6.05. The van der Waals surface area contributed by atoms with E-state index in [1.807, 2.05) is 24.3 Å². The summed E-state index contributed by atoms with van der Waals surface area (Å²) >= 11 is 0. The Kier molecular flexibility index (Phi) is 5.82. The molecule has 1 amide bonds. The Morgan fingerprint density at radius 2 is 1.25 bits per heavy atom. The topological polar surface area (TPSA) is 29.1 Å². The Balaban J connectivity index is 2.34.